The quantitative estimate of drug-likeness (QED) is 0.739. The fourth-order valence-electron chi connectivity index (χ4n) is 3.01. The van der Waals surface area contributed by atoms with Crippen molar-refractivity contribution < 1.29 is 9.59 Å². The molecule has 1 heterocycles. The molecular weight excluding hydrogens is 326 g/mol. The number of nitrogens with zero attached hydrogens (tertiary/aromatic N) is 1. The van der Waals surface area contributed by atoms with E-state index in [4.69, 9.17) is 4.98 Å². The SMILES string of the molecule is CC(=O)Nc1ccc(NC(=O)c2cc(C3CC3)nc3ccccc23)cc1. The lowest BCUT2D eigenvalue weighted by Crippen LogP contribution is -2.13. The number of rotatable bonds is 4. The molecule has 3 aromatic rings. The normalized spacial score (nSPS) is 13.4. The molecule has 26 heavy (non-hydrogen) atoms. The number of para-hydroxylation sites is 1. The second kappa shape index (κ2) is 6.59. The summed E-state index contributed by atoms with van der Waals surface area (Å²) in [5.74, 6) is 0.193. The van der Waals surface area contributed by atoms with Gasteiger partial charge >= 0.3 is 0 Å². The molecule has 0 aliphatic heterocycles. The van der Waals surface area contributed by atoms with Crippen LogP contribution in [0.15, 0.2) is 54.6 Å². The predicted octanol–water partition coefficient (Wildman–Crippen LogP) is 4.32. The topological polar surface area (TPSA) is 71.1 Å². The van der Waals surface area contributed by atoms with Gasteiger partial charge in [-0.1, -0.05) is 18.2 Å². The van der Waals surface area contributed by atoms with E-state index in [2.05, 4.69) is 10.6 Å². The van der Waals surface area contributed by atoms with Crippen LogP contribution in [0.2, 0.25) is 0 Å². The van der Waals surface area contributed by atoms with E-state index in [0.29, 0.717) is 22.9 Å². The second-order valence-corrected chi connectivity index (χ2v) is 6.60. The van der Waals surface area contributed by atoms with E-state index < -0.39 is 0 Å². The molecule has 0 unspecified atom stereocenters. The molecule has 0 atom stereocenters. The van der Waals surface area contributed by atoms with Gasteiger partial charge in [0.1, 0.15) is 0 Å². The van der Waals surface area contributed by atoms with Crippen molar-refractivity contribution in [3.05, 3.63) is 65.9 Å². The molecule has 1 aliphatic rings. The summed E-state index contributed by atoms with van der Waals surface area (Å²) in [6, 6.07) is 16.7. The zero-order valence-electron chi connectivity index (χ0n) is 14.5. The van der Waals surface area contributed by atoms with Crippen LogP contribution in [0.4, 0.5) is 11.4 Å². The summed E-state index contributed by atoms with van der Waals surface area (Å²) < 4.78 is 0. The third kappa shape index (κ3) is 3.42. The molecule has 1 aliphatic carbocycles. The molecule has 0 saturated heterocycles. The van der Waals surface area contributed by atoms with E-state index in [1.807, 2.05) is 30.3 Å². The van der Waals surface area contributed by atoms with Crippen molar-refractivity contribution in [1.29, 1.82) is 0 Å². The third-order valence-corrected chi connectivity index (χ3v) is 4.44. The Hall–Kier alpha value is -3.21. The Labute approximate surface area is 151 Å². The first-order chi connectivity index (χ1) is 12.6. The van der Waals surface area contributed by atoms with E-state index in [-0.39, 0.29) is 11.8 Å². The molecular formula is C21H19N3O2. The Morgan fingerprint density at radius 1 is 0.962 bits per heavy atom. The Morgan fingerprint density at radius 2 is 1.62 bits per heavy atom. The number of amides is 2. The number of benzene rings is 2. The number of carbonyl (C=O) groups excluding carboxylic acids is 2. The highest BCUT2D eigenvalue weighted by Crippen LogP contribution is 2.40. The van der Waals surface area contributed by atoms with Crippen molar-refractivity contribution in [3.8, 4) is 0 Å². The van der Waals surface area contributed by atoms with Gasteiger partial charge in [-0.2, -0.15) is 0 Å². The van der Waals surface area contributed by atoms with Crippen LogP contribution in [0.3, 0.4) is 0 Å². The van der Waals surface area contributed by atoms with Gasteiger partial charge in [-0.3, -0.25) is 14.6 Å². The van der Waals surface area contributed by atoms with Crippen molar-refractivity contribution in [2.75, 3.05) is 10.6 Å². The van der Waals surface area contributed by atoms with Crippen molar-refractivity contribution in [2.24, 2.45) is 0 Å². The first-order valence-corrected chi connectivity index (χ1v) is 8.69. The standard InChI is InChI=1S/C21H19N3O2/c1-13(25)22-15-8-10-16(11-9-15)23-21(26)18-12-20(14-6-7-14)24-19-5-3-2-4-17(18)19/h2-5,8-12,14H,6-7H2,1H3,(H,22,25)(H,23,26). The number of nitrogens with one attached hydrogen (secondary N) is 2. The first kappa shape index (κ1) is 16.3. The van der Waals surface area contributed by atoms with Gasteiger partial charge < -0.3 is 10.6 Å². The molecule has 1 fully saturated rings. The lowest BCUT2D eigenvalue weighted by Gasteiger charge is -2.11. The van der Waals surface area contributed by atoms with Gasteiger partial charge in [-0.05, 0) is 49.2 Å². The monoisotopic (exact) mass is 345 g/mol. The molecule has 2 amide bonds. The van der Waals surface area contributed by atoms with E-state index in [9.17, 15) is 9.59 Å². The van der Waals surface area contributed by atoms with Gasteiger partial charge in [0.15, 0.2) is 0 Å². The molecule has 2 aromatic carbocycles. The highest BCUT2D eigenvalue weighted by Gasteiger charge is 2.26. The summed E-state index contributed by atoms with van der Waals surface area (Å²) in [5, 5.41) is 6.50. The van der Waals surface area contributed by atoms with Crippen LogP contribution in [0.5, 0.6) is 0 Å². The summed E-state index contributed by atoms with van der Waals surface area (Å²) in [4.78, 5) is 28.7. The fourth-order valence-corrected chi connectivity index (χ4v) is 3.01. The Balaban J connectivity index is 1.62. The highest BCUT2D eigenvalue weighted by molar-refractivity contribution is 6.12. The molecule has 4 rings (SSSR count). The predicted molar refractivity (Wildman–Crippen MR) is 102 cm³/mol. The zero-order chi connectivity index (χ0) is 18.1. The van der Waals surface area contributed by atoms with Crippen molar-refractivity contribution >= 4 is 34.1 Å². The van der Waals surface area contributed by atoms with Gasteiger partial charge in [0, 0.05) is 35.3 Å². The minimum absolute atomic E-state index is 0.127. The average molecular weight is 345 g/mol. The summed E-state index contributed by atoms with van der Waals surface area (Å²) in [7, 11) is 0. The van der Waals surface area contributed by atoms with Gasteiger partial charge in [-0.25, -0.2) is 0 Å². The van der Waals surface area contributed by atoms with Crippen LogP contribution in [-0.4, -0.2) is 16.8 Å². The van der Waals surface area contributed by atoms with Crippen LogP contribution in [0.1, 0.15) is 41.7 Å². The maximum absolute atomic E-state index is 12.9. The summed E-state index contributed by atoms with van der Waals surface area (Å²) in [6.45, 7) is 1.46. The van der Waals surface area contributed by atoms with Crippen LogP contribution in [-0.2, 0) is 4.79 Å². The van der Waals surface area contributed by atoms with Gasteiger partial charge in [-0.15, -0.1) is 0 Å². The van der Waals surface area contributed by atoms with Crippen LogP contribution >= 0.6 is 0 Å². The average Bonchev–Trinajstić information content (AvgIpc) is 3.47. The van der Waals surface area contributed by atoms with E-state index in [0.717, 1.165) is 29.4 Å². The lowest BCUT2D eigenvalue weighted by atomic mass is 10.1. The number of hydrogen-bond donors (Lipinski definition) is 2. The lowest BCUT2D eigenvalue weighted by molar-refractivity contribution is -0.114. The smallest absolute Gasteiger partial charge is 0.256 e. The highest BCUT2D eigenvalue weighted by atomic mass is 16.2. The molecule has 130 valence electrons. The fraction of sp³-hybridized carbons (Fsp3) is 0.190. The van der Waals surface area contributed by atoms with Crippen LogP contribution in [0, 0.1) is 0 Å². The second-order valence-electron chi connectivity index (χ2n) is 6.60. The minimum Gasteiger partial charge on any atom is -0.326 e. The van der Waals surface area contributed by atoms with Gasteiger partial charge in [0.2, 0.25) is 5.91 Å². The van der Waals surface area contributed by atoms with Gasteiger partial charge in [0.25, 0.3) is 5.91 Å². The Kier molecular flexibility index (Phi) is 4.13. The van der Waals surface area contributed by atoms with E-state index in [1.165, 1.54) is 6.92 Å². The van der Waals surface area contributed by atoms with Crippen LogP contribution < -0.4 is 10.6 Å². The molecule has 0 radical (unpaired) electrons. The number of carbonyl (C=O) groups is 2. The maximum Gasteiger partial charge on any atom is 0.256 e. The molecule has 5 nitrogen and oxygen atoms in total. The largest absolute Gasteiger partial charge is 0.326 e. The summed E-state index contributed by atoms with van der Waals surface area (Å²) in [5.41, 5.74) is 3.86. The van der Waals surface area contributed by atoms with Crippen LogP contribution in [0.25, 0.3) is 10.9 Å². The number of hydrogen-bond acceptors (Lipinski definition) is 3. The van der Waals surface area contributed by atoms with Gasteiger partial charge in [0.05, 0.1) is 11.1 Å². The Bertz CT molecular complexity index is 992. The minimum atomic E-state index is -0.155. The summed E-state index contributed by atoms with van der Waals surface area (Å²) in [6.07, 6.45) is 2.27. The molecule has 1 aromatic heterocycles. The number of aromatic nitrogens is 1. The molecule has 1 saturated carbocycles. The maximum atomic E-state index is 12.9. The third-order valence-electron chi connectivity index (χ3n) is 4.44. The summed E-state index contributed by atoms with van der Waals surface area (Å²) >= 11 is 0. The van der Waals surface area contributed by atoms with Crippen molar-refractivity contribution in [1.82, 2.24) is 4.98 Å². The molecule has 5 heteroatoms. The van der Waals surface area contributed by atoms with E-state index in [1.54, 1.807) is 24.3 Å². The van der Waals surface area contributed by atoms with Crippen molar-refractivity contribution in [3.63, 3.8) is 0 Å². The molecule has 0 spiro atoms. The van der Waals surface area contributed by atoms with E-state index >= 15 is 0 Å². The molecule has 0 bridgehead atoms. The Morgan fingerprint density at radius 3 is 2.27 bits per heavy atom. The first-order valence-electron chi connectivity index (χ1n) is 8.69. The number of anilines is 2. The number of pyridine rings is 1. The number of fused-ring (bicyclic) bond motifs is 1. The van der Waals surface area contributed by atoms with Crippen molar-refractivity contribution in [2.45, 2.75) is 25.7 Å². The zero-order valence-corrected chi connectivity index (χ0v) is 14.5. The molecule has 2 N–H and O–H groups in total.